The molecule has 1 amide bonds. The molecular weight excluding hydrogens is 396 g/mol. The Hall–Kier alpha value is -2.34. The Balaban J connectivity index is 1.26. The van der Waals surface area contributed by atoms with Gasteiger partial charge in [-0.2, -0.15) is 0 Å². The summed E-state index contributed by atoms with van der Waals surface area (Å²) in [6.07, 6.45) is 6.40. The Morgan fingerprint density at radius 3 is 2.23 bits per heavy atom. The van der Waals surface area contributed by atoms with E-state index < -0.39 is 10.0 Å². The zero-order chi connectivity index (χ0) is 20.9. The molecule has 3 aliphatic rings. The minimum absolute atomic E-state index is 0.0128. The summed E-state index contributed by atoms with van der Waals surface area (Å²) in [6.45, 7) is 0.497. The number of amides is 1. The largest absolute Gasteiger partial charge is 0.352 e. The monoisotopic (exact) mass is 424 g/mol. The van der Waals surface area contributed by atoms with E-state index in [0.717, 1.165) is 49.8 Å². The third-order valence-corrected chi connectivity index (χ3v) is 8.43. The van der Waals surface area contributed by atoms with Crippen LogP contribution in [0.5, 0.6) is 0 Å². The van der Waals surface area contributed by atoms with Crippen molar-refractivity contribution in [3.05, 3.63) is 65.2 Å². The van der Waals surface area contributed by atoms with Crippen LogP contribution in [0.25, 0.3) is 0 Å². The number of carbonyl (C=O) groups is 1. The highest BCUT2D eigenvalue weighted by molar-refractivity contribution is 7.92. The summed E-state index contributed by atoms with van der Waals surface area (Å²) in [6, 6.07) is 16.5. The van der Waals surface area contributed by atoms with Gasteiger partial charge in [0.1, 0.15) is 0 Å². The van der Waals surface area contributed by atoms with Crippen molar-refractivity contribution in [2.24, 2.45) is 5.92 Å². The summed E-state index contributed by atoms with van der Waals surface area (Å²) in [4.78, 5) is 13.0. The van der Waals surface area contributed by atoms with Gasteiger partial charge in [0, 0.05) is 23.9 Å². The molecule has 2 aromatic carbocycles. The number of carbonyl (C=O) groups excluding carboxylic acids is 1. The van der Waals surface area contributed by atoms with Crippen molar-refractivity contribution in [3.63, 3.8) is 0 Å². The van der Waals surface area contributed by atoms with Gasteiger partial charge in [-0.15, -0.1) is 0 Å². The Morgan fingerprint density at radius 1 is 1.00 bits per heavy atom. The number of nitrogens with zero attached hydrogens (tertiary/aromatic N) is 1. The van der Waals surface area contributed by atoms with Crippen molar-refractivity contribution >= 4 is 21.6 Å². The molecule has 5 rings (SSSR count). The van der Waals surface area contributed by atoms with Gasteiger partial charge in [-0.25, -0.2) is 8.42 Å². The average Bonchev–Trinajstić information content (AvgIpc) is 3.28. The molecule has 0 aromatic heterocycles. The van der Waals surface area contributed by atoms with Crippen LogP contribution in [0.15, 0.2) is 48.5 Å². The Bertz CT molecular complexity index is 1060. The number of anilines is 1. The second kappa shape index (κ2) is 7.12. The van der Waals surface area contributed by atoms with E-state index in [-0.39, 0.29) is 23.3 Å². The highest BCUT2D eigenvalue weighted by Crippen LogP contribution is 2.50. The molecule has 1 heterocycles. The molecule has 1 saturated carbocycles. The zero-order valence-electron chi connectivity index (χ0n) is 17.3. The molecule has 158 valence electrons. The molecule has 0 atom stereocenters. The fourth-order valence-electron chi connectivity index (χ4n) is 5.72. The van der Waals surface area contributed by atoms with Crippen molar-refractivity contribution in [3.8, 4) is 0 Å². The van der Waals surface area contributed by atoms with Crippen molar-refractivity contribution in [2.45, 2.75) is 50.0 Å². The molecule has 2 aliphatic carbocycles. The van der Waals surface area contributed by atoms with Crippen molar-refractivity contribution in [1.29, 1.82) is 0 Å². The van der Waals surface area contributed by atoms with E-state index in [2.05, 4.69) is 35.6 Å². The quantitative estimate of drug-likeness (QED) is 0.823. The molecule has 30 heavy (non-hydrogen) atoms. The molecule has 1 spiro atoms. The third-order valence-electron chi connectivity index (χ3n) is 7.30. The number of hydrogen-bond acceptors (Lipinski definition) is 3. The number of sulfonamides is 1. The summed E-state index contributed by atoms with van der Waals surface area (Å²) in [5, 5.41) is 3.28. The maximum absolute atomic E-state index is 13.0. The molecule has 1 N–H and O–H groups in total. The molecule has 0 bridgehead atoms. The van der Waals surface area contributed by atoms with Crippen LogP contribution in [-0.2, 0) is 33.1 Å². The second-order valence-corrected chi connectivity index (χ2v) is 11.1. The maximum atomic E-state index is 13.0. The number of hydrogen-bond donors (Lipinski definition) is 1. The second-order valence-electron chi connectivity index (χ2n) is 9.22. The van der Waals surface area contributed by atoms with Gasteiger partial charge < -0.3 is 5.32 Å². The lowest BCUT2D eigenvalue weighted by Gasteiger charge is -2.37. The molecular formula is C24H28N2O3S. The van der Waals surface area contributed by atoms with Crippen LogP contribution in [-0.4, -0.2) is 33.2 Å². The summed E-state index contributed by atoms with van der Waals surface area (Å²) >= 11 is 0. The lowest BCUT2D eigenvalue weighted by molar-refractivity contribution is -0.127. The summed E-state index contributed by atoms with van der Waals surface area (Å²) in [7, 11) is -3.31. The van der Waals surface area contributed by atoms with Crippen molar-refractivity contribution < 1.29 is 13.2 Å². The molecule has 6 heteroatoms. The highest BCUT2D eigenvalue weighted by atomic mass is 32.2. The number of benzene rings is 2. The minimum atomic E-state index is -3.31. The smallest absolute Gasteiger partial charge is 0.232 e. The SMILES string of the molecule is CS(=O)(=O)N1C[C@]2(CC[C@@H](C(=O)NC3Cc4ccccc4C3)CC2)c2ccccc21. The first-order chi connectivity index (χ1) is 14.4. The highest BCUT2D eigenvalue weighted by Gasteiger charge is 2.48. The van der Waals surface area contributed by atoms with Crippen LogP contribution in [0.3, 0.4) is 0 Å². The standard InChI is InChI=1S/C24H28N2O3S/c1-30(28,29)26-16-24(21-8-4-5-9-22(21)26)12-10-17(11-13-24)23(27)25-20-14-18-6-2-3-7-19(18)15-20/h2-9,17,20H,10-16H2,1H3,(H,25,27)/t17-,24-. The topological polar surface area (TPSA) is 66.5 Å². The number of nitrogens with one attached hydrogen (secondary N) is 1. The van der Waals surface area contributed by atoms with E-state index in [0.29, 0.717) is 6.54 Å². The van der Waals surface area contributed by atoms with Gasteiger partial charge in [-0.05, 0) is 61.3 Å². The van der Waals surface area contributed by atoms with Crippen LogP contribution >= 0.6 is 0 Å². The van der Waals surface area contributed by atoms with E-state index in [1.165, 1.54) is 17.4 Å². The van der Waals surface area contributed by atoms with Crippen LogP contribution in [0.4, 0.5) is 5.69 Å². The average molecular weight is 425 g/mol. The predicted molar refractivity (Wildman–Crippen MR) is 118 cm³/mol. The fourth-order valence-corrected chi connectivity index (χ4v) is 6.72. The summed E-state index contributed by atoms with van der Waals surface area (Å²) < 4.78 is 26.2. The molecule has 1 fully saturated rings. The van der Waals surface area contributed by atoms with Gasteiger partial charge in [-0.1, -0.05) is 42.5 Å². The van der Waals surface area contributed by atoms with E-state index in [4.69, 9.17) is 0 Å². The summed E-state index contributed by atoms with van der Waals surface area (Å²) in [5.74, 6) is 0.174. The van der Waals surface area contributed by atoms with E-state index >= 15 is 0 Å². The Morgan fingerprint density at radius 2 is 1.60 bits per heavy atom. The fraction of sp³-hybridized carbons (Fsp3) is 0.458. The Kier molecular flexibility index (Phi) is 4.65. The Labute approximate surface area is 178 Å². The van der Waals surface area contributed by atoms with Gasteiger partial charge in [0.15, 0.2) is 0 Å². The molecule has 0 saturated heterocycles. The van der Waals surface area contributed by atoms with Crippen molar-refractivity contribution in [1.82, 2.24) is 5.32 Å². The lowest BCUT2D eigenvalue weighted by atomic mass is 9.67. The van der Waals surface area contributed by atoms with Crippen LogP contribution in [0, 0.1) is 5.92 Å². The first-order valence-electron chi connectivity index (χ1n) is 10.8. The van der Waals surface area contributed by atoms with Crippen LogP contribution < -0.4 is 9.62 Å². The first-order valence-corrected chi connectivity index (χ1v) is 12.6. The third kappa shape index (κ3) is 3.31. The van der Waals surface area contributed by atoms with Gasteiger partial charge in [0.05, 0.1) is 11.9 Å². The van der Waals surface area contributed by atoms with Crippen molar-refractivity contribution in [2.75, 3.05) is 17.1 Å². The number of para-hydroxylation sites is 1. The molecule has 1 aliphatic heterocycles. The summed E-state index contributed by atoms with van der Waals surface area (Å²) in [5.41, 5.74) is 4.45. The van der Waals surface area contributed by atoms with Gasteiger partial charge in [-0.3, -0.25) is 9.10 Å². The van der Waals surface area contributed by atoms with Crippen LogP contribution in [0.1, 0.15) is 42.4 Å². The zero-order valence-corrected chi connectivity index (χ0v) is 18.1. The van der Waals surface area contributed by atoms with Gasteiger partial charge >= 0.3 is 0 Å². The molecule has 5 nitrogen and oxygen atoms in total. The van der Waals surface area contributed by atoms with Crippen LogP contribution in [0.2, 0.25) is 0 Å². The first kappa shape index (κ1) is 19.6. The number of fused-ring (bicyclic) bond motifs is 3. The predicted octanol–water partition coefficient (Wildman–Crippen LogP) is 3.18. The number of rotatable bonds is 3. The van der Waals surface area contributed by atoms with E-state index in [1.807, 2.05) is 18.2 Å². The molecule has 0 unspecified atom stereocenters. The van der Waals surface area contributed by atoms with E-state index in [9.17, 15) is 13.2 Å². The van der Waals surface area contributed by atoms with Gasteiger partial charge in [0.2, 0.25) is 15.9 Å². The van der Waals surface area contributed by atoms with E-state index in [1.54, 1.807) is 4.31 Å². The maximum Gasteiger partial charge on any atom is 0.232 e. The molecule has 2 aromatic rings. The molecule has 0 radical (unpaired) electrons. The normalized spacial score (nSPS) is 25.9. The lowest BCUT2D eigenvalue weighted by Crippen LogP contribution is -2.44. The minimum Gasteiger partial charge on any atom is -0.352 e. The van der Waals surface area contributed by atoms with Gasteiger partial charge in [0.25, 0.3) is 0 Å².